The maximum Gasteiger partial charge on any atom is 0.226 e. The average molecular weight is 361 g/mol. The fourth-order valence-corrected chi connectivity index (χ4v) is 2.58. The zero-order chi connectivity index (χ0) is 15.9. The number of nitrogens with one attached hydrogen (secondary N) is 1. The molecule has 0 aliphatic heterocycles. The molecular weight excluding hydrogens is 344 g/mol. The Morgan fingerprint density at radius 3 is 2.32 bits per heavy atom. The van der Waals surface area contributed by atoms with Crippen LogP contribution in [0.5, 0.6) is 0 Å². The topological polar surface area (TPSA) is 49.4 Å². The molecule has 0 fully saturated rings. The summed E-state index contributed by atoms with van der Waals surface area (Å²) in [4.78, 5) is 25.4. The van der Waals surface area contributed by atoms with Gasteiger partial charge in [-0.2, -0.15) is 0 Å². The van der Waals surface area contributed by atoms with Crippen molar-refractivity contribution >= 4 is 39.1 Å². The first-order valence-corrected chi connectivity index (χ1v) is 7.75. The van der Waals surface area contributed by atoms with Gasteiger partial charge in [0.1, 0.15) is 0 Å². The highest BCUT2D eigenvalue weighted by atomic mass is 79.9. The lowest BCUT2D eigenvalue weighted by Gasteiger charge is -2.22. The van der Waals surface area contributed by atoms with Crippen LogP contribution in [0.3, 0.4) is 0 Å². The highest BCUT2D eigenvalue weighted by molar-refractivity contribution is 9.10. The lowest BCUT2D eigenvalue weighted by molar-refractivity contribution is -0.117. The molecule has 1 N–H and O–H groups in total. The van der Waals surface area contributed by atoms with Gasteiger partial charge in [0.05, 0.1) is 5.69 Å². The molecule has 0 radical (unpaired) electrons. The van der Waals surface area contributed by atoms with E-state index in [1.165, 1.54) is 6.92 Å². The highest BCUT2D eigenvalue weighted by Crippen LogP contribution is 2.26. The van der Waals surface area contributed by atoms with Gasteiger partial charge in [0, 0.05) is 30.0 Å². The van der Waals surface area contributed by atoms with Crippen LogP contribution in [0, 0.1) is 0 Å². The molecule has 0 aliphatic carbocycles. The van der Waals surface area contributed by atoms with E-state index in [-0.39, 0.29) is 18.2 Å². The number of halogens is 1. The number of carbonyl (C=O) groups is 2. The van der Waals surface area contributed by atoms with E-state index in [4.69, 9.17) is 0 Å². The second-order valence-electron chi connectivity index (χ2n) is 4.79. The number of anilines is 2. The van der Waals surface area contributed by atoms with Crippen molar-refractivity contribution in [3.05, 3.63) is 59.1 Å². The summed E-state index contributed by atoms with van der Waals surface area (Å²) in [5.74, 6) is -0.219. The largest absolute Gasteiger partial charge is 0.326 e. The van der Waals surface area contributed by atoms with Gasteiger partial charge in [0.2, 0.25) is 11.8 Å². The minimum atomic E-state index is -0.121. The summed E-state index contributed by atoms with van der Waals surface area (Å²) in [6.07, 6.45) is 0.232. The van der Waals surface area contributed by atoms with Crippen molar-refractivity contribution in [3.8, 4) is 0 Å². The zero-order valence-corrected chi connectivity index (χ0v) is 13.8. The first-order chi connectivity index (χ1) is 10.6. The van der Waals surface area contributed by atoms with Crippen LogP contribution in [0.25, 0.3) is 0 Å². The van der Waals surface area contributed by atoms with Crippen LogP contribution >= 0.6 is 15.9 Å². The molecule has 0 aliphatic rings. The van der Waals surface area contributed by atoms with Crippen molar-refractivity contribution in [1.29, 1.82) is 0 Å². The molecule has 0 saturated heterocycles. The first kappa shape index (κ1) is 16.2. The lowest BCUT2D eigenvalue weighted by Crippen LogP contribution is -2.32. The van der Waals surface area contributed by atoms with E-state index >= 15 is 0 Å². The molecule has 0 spiro atoms. The Morgan fingerprint density at radius 1 is 1.05 bits per heavy atom. The van der Waals surface area contributed by atoms with Crippen LogP contribution in [0.2, 0.25) is 0 Å². The number of hydrogen-bond donors (Lipinski definition) is 1. The van der Waals surface area contributed by atoms with Gasteiger partial charge in [0.25, 0.3) is 0 Å². The van der Waals surface area contributed by atoms with Crippen LogP contribution in [-0.4, -0.2) is 18.4 Å². The molecule has 22 heavy (non-hydrogen) atoms. The Morgan fingerprint density at radius 2 is 1.68 bits per heavy atom. The Labute approximate surface area is 138 Å². The SMILES string of the molecule is CC(=O)N(CCC(=O)Nc1ccccc1)c1ccccc1Br. The van der Waals surface area contributed by atoms with Gasteiger partial charge in [-0.15, -0.1) is 0 Å². The van der Waals surface area contributed by atoms with Crippen molar-refractivity contribution in [2.24, 2.45) is 0 Å². The fourth-order valence-electron chi connectivity index (χ4n) is 2.08. The van der Waals surface area contributed by atoms with E-state index in [2.05, 4.69) is 21.2 Å². The van der Waals surface area contributed by atoms with Crippen molar-refractivity contribution in [2.45, 2.75) is 13.3 Å². The maximum atomic E-state index is 12.0. The Balaban J connectivity index is 1.99. The summed E-state index contributed by atoms with van der Waals surface area (Å²) in [5, 5.41) is 2.81. The Kier molecular flexibility index (Phi) is 5.72. The summed E-state index contributed by atoms with van der Waals surface area (Å²) in [6.45, 7) is 1.82. The molecule has 114 valence electrons. The molecule has 2 rings (SSSR count). The number of nitrogens with zero attached hydrogens (tertiary/aromatic N) is 1. The molecule has 0 bridgehead atoms. The van der Waals surface area contributed by atoms with Gasteiger partial charge in [-0.25, -0.2) is 0 Å². The van der Waals surface area contributed by atoms with E-state index in [0.29, 0.717) is 6.54 Å². The molecule has 2 amide bonds. The predicted molar refractivity (Wildman–Crippen MR) is 91.9 cm³/mol. The predicted octanol–water partition coefficient (Wildman–Crippen LogP) is 3.83. The summed E-state index contributed by atoms with van der Waals surface area (Å²) < 4.78 is 0.827. The van der Waals surface area contributed by atoms with E-state index in [1.54, 1.807) is 4.90 Å². The van der Waals surface area contributed by atoms with Crippen LogP contribution in [0.1, 0.15) is 13.3 Å². The third-order valence-electron chi connectivity index (χ3n) is 3.14. The fraction of sp³-hybridized carbons (Fsp3) is 0.176. The van der Waals surface area contributed by atoms with E-state index in [9.17, 15) is 9.59 Å². The van der Waals surface area contributed by atoms with E-state index < -0.39 is 0 Å². The van der Waals surface area contributed by atoms with Gasteiger partial charge in [0.15, 0.2) is 0 Å². The van der Waals surface area contributed by atoms with Gasteiger partial charge in [-0.05, 0) is 40.2 Å². The molecule has 4 nitrogen and oxygen atoms in total. The van der Waals surface area contributed by atoms with E-state index in [1.807, 2.05) is 54.6 Å². The number of carbonyl (C=O) groups excluding carboxylic acids is 2. The summed E-state index contributed by atoms with van der Waals surface area (Å²) in [6, 6.07) is 16.7. The monoisotopic (exact) mass is 360 g/mol. The molecular formula is C17H17BrN2O2. The molecule has 5 heteroatoms. The maximum absolute atomic E-state index is 12.0. The van der Waals surface area contributed by atoms with Crippen LogP contribution in [0.4, 0.5) is 11.4 Å². The second-order valence-corrected chi connectivity index (χ2v) is 5.64. The third kappa shape index (κ3) is 4.43. The number of hydrogen-bond acceptors (Lipinski definition) is 2. The number of para-hydroxylation sites is 2. The molecule has 0 unspecified atom stereocenters. The Hall–Kier alpha value is -2.14. The van der Waals surface area contributed by atoms with Crippen LogP contribution in [0.15, 0.2) is 59.1 Å². The average Bonchev–Trinajstić information content (AvgIpc) is 2.50. The van der Waals surface area contributed by atoms with Crippen molar-refractivity contribution in [2.75, 3.05) is 16.8 Å². The highest BCUT2D eigenvalue weighted by Gasteiger charge is 2.15. The molecule has 0 aromatic heterocycles. The summed E-state index contributed by atoms with van der Waals surface area (Å²) in [5.41, 5.74) is 1.52. The molecule has 0 saturated carbocycles. The number of benzene rings is 2. The zero-order valence-electron chi connectivity index (χ0n) is 12.3. The van der Waals surface area contributed by atoms with Crippen molar-refractivity contribution < 1.29 is 9.59 Å². The lowest BCUT2D eigenvalue weighted by atomic mass is 10.2. The second kappa shape index (κ2) is 7.75. The summed E-state index contributed by atoms with van der Waals surface area (Å²) in [7, 11) is 0. The normalized spacial score (nSPS) is 10.1. The van der Waals surface area contributed by atoms with Crippen molar-refractivity contribution in [3.63, 3.8) is 0 Å². The van der Waals surface area contributed by atoms with Gasteiger partial charge >= 0.3 is 0 Å². The van der Waals surface area contributed by atoms with Gasteiger partial charge < -0.3 is 10.2 Å². The van der Waals surface area contributed by atoms with Gasteiger partial charge in [-0.3, -0.25) is 9.59 Å². The number of rotatable bonds is 5. The Bertz CT molecular complexity index is 659. The van der Waals surface area contributed by atoms with Crippen LogP contribution < -0.4 is 10.2 Å². The summed E-state index contributed by atoms with van der Waals surface area (Å²) >= 11 is 3.43. The first-order valence-electron chi connectivity index (χ1n) is 6.95. The minimum absolute atomic E-state index is 0.0978. The quantitative estimate of drug-likeness (QED) is 0.880. The molecule has 0 atom stereocenters. The molecule has 2 aromatic rings. The van der Waals surface area contributed by atoms with Crippen molar-refractivity contribution in [1.82, 2.24) is 0 Å². The molecule has 2 aromatic carbocycles. The van der Waals surface area contributed by atoms with E-state index in [0.717, 1.165) is 15.8 Å². The third-order valence-corrected chi connectivity index (χ3v) is 3.81. The van der Waals surface area contributed by atoms with Crippen LogP contribution in [-0.2, 0) is 9.59 Å². The smallest absolute Gasteiger partial charge is 0.226 e. The molecule has 0 heterocycles. The van der Waals surface area contributed by atoms with Gasteiger partial charge in [-0.1, -0.05) is 30.3 Å². The standard InChI is InChI=1S/C17H17BrN2O2/c1-13(21)20(16-10-6-5-9-15(16)18)12-11-17(22)19-14-7-3-2-4-8-14/h2-10H,11-12H2,1H3,(H,19,22). The number of amides is 2. The minimum Gasteiger partial charge on any atom is -0.326 e.